The predicted octanol–water partition coefficient (Wildman–Crippen LogP) is 2.76. The largest absolute Gasteiger partial charge is 0.478 e. The summed E-state index contributed by atoms with van der Waals surface area (Å²) in [7, 11) is 0. The molecule has 0 radical (unpaired) electrons. The number of carbonyl (C=O) groups is 1. The number of morpholine rings is 1. The quantitative estimate of drug-likeness (QED) is 0.864. The van der Waals surface area contributed by atoms with Crippen LogP contribution in [0.2, 0.25) is 5.02 Å². The number of carbonyl (C=O) groups excluding carboxylic acids is 1. The van der Waals surface area contributed by atoms with E-state index >= 15 is 0 Å². The third kappa shape index (κ3) is 4.62. The lowest BCUT2D eigenvalue weighted by molar-refractivity contribution is -0.128. The van der Waals surface area contributed by atoms with Gasteiger partial charge in [-0.15, -0.1) is 0 Å². The number of rotatable bonds is 5. The number of amides is 1. The van der Waals surface area contributed by atoms with Gasteiger partial charge in [-0.05, 0) is 38.1 Å². The second kappa shape index (κ2) is 7.88. The molecule has 1 saturated heterocycles. The number of benzene rings is 1. The van der Waals surface area contributed by atoms with E-state index in [0.29, 0.717) is 35.6 Å². The zero-order chi connectivity index (χ0) is 18.6. The van der Waals surface area contributed by atoms with Crippen LogP contribution in [0.25, 0.3) is 0 Å². The van der Waals surface area contributed by atoms with E-state index in [-0.39, 0.29) is 5.91 Å². The summed E-state index contributed by atoms with van der Waals surface area (Å²) in [5.41, 5.74) is -0.559. The molecule has 3 rings (SSSR count). The van der Waals surface area contributed by atoms with Gasteiger partial charge in [-0.3, -0.25) is 4.79 Å². The molecule has 1 amide bonds. The second-order valence-electron chi connectivity index (χ2n) is 6.39. The summed E-state index contributed by atoms with van der Waals surface area (Å²) in [6, 6.07) is 6.86. The molecule has 26 heavy (non-hydrogen) atoms. The minimum absolute atomic E-state index is 0.296. The molecule has 138 valence electrons. The molecule has 1 aromatic carbocycles. The van der Waals surface area contributed by atoms with Gasteiger partial charge < -0.3 is 19.7 Å². The smallest absolute Gasteiger partial charge is 0.268 e. The maximum absolute atomic E-state index is 12.5. The van der Waals surface area contributed by atoms with E-state index in [4.69, 9.17) is 21.1 Å². The van der Waals surface area contributed by atoms with Crippen molar-refractivity contribution in [1.29, 1.82) is 0 Å². The van der Waals surface area contributed by atoms with Crippen LogP contribution < -0.4 is 15.0 Å². The fourth-order valence-electron chi connectivity index (χ4n) is 2.44. The van der Waals surface area contributed by atoms with Gasteiger partial charge in [-0.25, -0.2) is 9.97 Å². The Balaban J connectivity index is 1.61. The Bertz CT molecular complexity index is 744. The van der Waals surface area contributed by atoms with E-state index in [1.54, 1.807) is 50.5 Å². The van der Waals surface area contributed by atoms with Gasteiger partial charge in [0.25, 0.3) is 5.91 Å². The molecule has 2 aromatic rings. The van der Waals surface area contributed by atoms with Crippen molar-refractivity contribution in [3.63, 3.8) is 0 Å². The molecule has 1 fully saturated rings. The lowest BCUT2D eigenvalue weighted by atomic mass is 10.1. The third-order valence-electron chi connectivity index (χ3n) is 3.92. The van der Waals surface area contributed by atoms with Crippen LogP contribution in [0.1, 0.15) is 13.8 Å². The normalized spacial score (nSPS) is 14.8. The molecular formula is C18H21ClN4O3. The number of hydrogen-bond acceptors (Lipinski definition) is 6. The van der Waals surface area contributed by atoms with Gasteiger partial charge in [0.2, 0.25) is 5.95 Å². The van der Waals surface area contributed by atoms with Crippen LogP contribution in [-0.4, -0.2) is 47.8 Å². The minimum atomic E-state index is -1.07. The third-order valence-corrected chi connectivity index (χ3v) is 4.18. The van der Waals surface area contributed by atoms with Gasteiger partial charge >= 0.3 is 0 Å². The molecule has 0 atom stereocenters. The molecule has 0 bridgehead atoms. The van der Waals surface area contributed by atoms with Crippen LogP contribution in [-0.2, 0) is 9.53 Å². The van der Waals surface area contributed by atoms with E-state index in [1.165, 1.54) is 0 Å². The van der Waals surface area contributed by atoms with Crippen LogP contribution >= 0.6 is 11.6 Å². The van der Waals surface area contributed by atoms with Gasteiger partial charge in [-0.2, -0.15) is 0 Å². The molecule has 2 heterocycles. The van der Waals surface area contributed by atoms with Crippen molar-refractivity contribution in [3.05, 3.63) is 41.7 Å². The first-order valence-corrected chi connectivity index (χ1v) is 8.73. The van der Waals surface area contributed by atoms with Gasteiger partial charge in [0.15, 0.2) is 5.60 Å². The summed E-state index contributed by atoms with van der Waals surface area (Å²) in [5.74, 6) is 0.895. The standard InChI is InChI=1S/C18H21ClN4O3/c1-18(2,26-15-5-3-13(19)4-6-15)16(24)22-14-11-20-17(21-12-14)23-7-9-25-10-8-23/h3-6,11-12H,7-10H2,1-2H3,(H,22,24). The number of nitrogens with one attached hydrogen (secondary N) is 1. The summed E-state index contributed by atoms with van der Waals surface area (Å²) >= 11 is 5.86. The maximum atomic E-state index is 12.5. The molecule has 0 saturated carbocycles. The first kappa shape index (κ1) is 18.4. The van der Waals surface area contributed by atoms with Crippen molar-refractivity contribution >= 4 is 29.1 Å². The topological polar surface area (TPSA) is 76.6 Å². The summed E-state index contributed by atoms with van der Waals surface area (Å²) in [4.78, 5) is 23.2. The molecule has 1 aliphatic heterocycles. The fraction of sp³-hybridized carbons (Fsp3) is 0.389. The molecule has 7 nitrogen and oxygen atoms in total. The van der Waals surface area contributed by atoms with Crippen LogP contribution in [0.5, 0.6) is 5.75 Å². The Morgan fingerprint density at radius 2 is 1.81 bits per heavy atom. The maximum Gasteiger partial charge on any atom is 0.268 e. The Morgan fingerprint density at radius 3 is 2.42 bits per heavy atom. The summed E-state index contributed by atoms with van der Waals surface area (Å²) in [6.07, 6.45) is 3.18. The molecule has 0 aliphatic carbocycles. The molecule has 0 spiro atoms. The minimum Gasteiger partial charge on any atom is -0.478 e. The molecule has 1 aromatic heterocycles. The number of aromatic nitrogens is 2. The van der Waals surface area contributed by atoms with Crippen molar-refractivity contribution in [1.82, 2.24) is 9.97 Å². The number of hydrogen-bond donors (Lipinski definition) is 1. The number of halogens is 1. The van der Waals surface area contributed by atoms with E-state index < -0.39 is 5.60 Å². The first-order valence-electron chi connectivity index (χ1n) is 8.35. The van der Waals surface area contributed by atoms with Gasteiger partial charge in [0, 0.05) is 18.1 Å². The van der Waals surface area contributed by atoms with Crippen LogP contribution in [0, 0.1) is 0 Å². The molecule has 0 unspecified atom stereocenters. The average Bonchev–Trinajstić information content (AvgIpc) is 2.65. The molecule has 8 heteroatoms. The number of ether oxygens (including phenoxy) is 2. The van der Waals surface area contributed by atoms with Crippen LogP contribution in [0.4, 0.5) is 11.6 Å². The lowest BCUT2D eigenvalue weighted by Gasteiger charge is -2.27. The number of nitrogens with zero attached hydrogens (tertiary/aromatic N) is 3. The lowest BCUT2D eigenvalue weighted by Crippen LogP contribution is -2.42. The van der Waals surface area contributed by atoms with Crippen LogP contribution in [0.15, 0.2) is 36.7 Å². The van der Waals surface area contributed by atoms with E-state index in [1.807, 2.05) is 4.90 Å². The predicted molar refractivity (Wildman–Crippen MR) is 99.9 cm³/mol. The highest BCUT2D eigenvalue weighted by Gasteiger charge is 2.30. The second-order valence-corrected chi connectivity index (χ2v) is 6.83. The Kier molecular flexibility index (Phi) is 5.58. The zero-order valence-electron chi connectivity index (χ0n) is 14.7. The monoisotopic (exact) mass is 376 g/mol. The highest BCUT2D eigenvalue weighted by Crippen LogP contribution is 2.22. The molecular weight excluding hydrogens is 356 g/mol. The van der Waals surface area contributed by atoms with Crippen molar-refractivity contribution < 1.29 is 14.3 Å². The van der Waals surface area contributed by atoms with E-state index in [9.17, 15) is 4.79 Å². The highest BCUT2D eigenvalue weighted by molar-refractivity contribution is 6.30. The Hall–Kier alpha value is -2.38. The summed E-state index contributed by atoms with van der Waals surface area (Å²) < 4.78 is 11.1. The Labute approximate surface area is 157 Å². The molecule has 1 N–H and O–H groups in total. The van der Waals surface area contributed by atoms with Crippen molar-refractivity contribution in [2.24, 2.45) is 0 Å². The highest BCUT2D eigenvalue weighted by atomic mass is 35.5. The van der Waals surface area contributed by atoms with Crippen molar-refractivity contribution in [2.45, 2.75) is 19.4 Å². The van der Waals surface area contributed by atoms with Gasteiger partial charge in [0.1, 0.15) is 5.75 Å². The van der Waals surface area contributed by atoms with Crippen molar-refractivity contribution in [2.75, 3.05) is 36.5 Å². The fourth-order valence-corrected chi connectivity index (χ4v) is 2.56. The van der Waals surface area contributed by atoms with Crippen molar-refractivity contribution in [3.8, 4) is 5.75 Å². The van der Waals surface area contributed by atoms with Gasteiger partial charge in [0.05, 0.1) is 31.3 Å². The van der Waals surface area contributed by atoms with E-state index in [0.717, 1.165) is 13.1 Å². The number of anilines is 2. The first-order chi connectivity index (χ1) is 12.4. The van der Waals surface area contributed by atoms with E-state index in [2.05, 4.69) is 15.3 Å². The summed E-state index contributed by atoms with van der Waals surface area (Å²) in [5, 5.41) is 3.39. The zero-order valence-corrected chi connectivity index (χ0v) is 15.5. The molecule has 1 aliphatic rings. The summed E-state index contributed by atoms with van der Waals surface area (Å²) in [6.45, 7) is 6.23. The average molecular weight is 377 g/mol. The van der Waals surface area contributed by atoms with Crippen LogP contribution in [0.3, 0.4) is 0 Å². The Morgan fingerprint density at radius 1 is 1.19 bits per heavy atom. The van der Waals surface area contributed by atoms with Gasteiger partial charge in [-0.1, -0.05) is 11.6 Å². The SMILES string of the molecule is CC(C)(Oc1ccc(Cl)cc1)C(=O)Nc1cnc(N2CCOCC2)nc1.